The van der Waals surface area contributed by atoms with Gasteiger partial charge in [-0.25, -0.2) is 0 Å². The molecule has 0 aliphatic heterocycles. The number of nitrogens with zero attached hydrogens (tertiary/aromatic N) is 1. The third kappa shape index (κ3) is 7.19. The molecule has 0 aromatic carbocycles. The third-order valence-electron chi connectivity index (χ3n) is 3.67. The number of amides is 1. The van der Waals surface area contributed by atoms with Crippen LogP contribution >= 0.6 is 12.4 Å². The van der Waals surface area contributed by atoms with E-state index in [1.807, 2.05) is 6.92 Å². The summed E-state index contributed by atoms with van der Waals surface area (Å²) in [6.07, 6.45) is 2.05. The molecule has 110 valence electrons. The SMILES string of the molecule is CCC(C)C(N)C(=O)NCCN(C)C(C)CC.Cl. The highest BCUT2D eigenvalue weighted by atomic mass is 35.5. The second kappa shape index (κ2) is 10.6. The monoisotopic (exact) mass is 279 g/mol. The van der Waals surface area contributed by atoms with E-state index in [0.29, 0.717) is 12.6 Å². The summed E-state index contributed by atoms with van der Waals surface area (Å²) in [5.74, 6) is 0.208. The Hall–Kier alpha value is -0.320. The number of hydrogen-bond donors (Lipinski definition) is 2. The number of carbonyl (C=O) groups excluding carboxylic acids is 1. The predicted molar refractivity (Wildman–Crippen MR) is 80.1 cm³/mol. The molecule has 0 aromatic rings. The molecule has 0 spiro atoms. The second-order valence-electron chi connectivity index (χ2n) is 4.94. The molecule has 0 aromatic heterocycles. The molecule has 3 atom stereocenters. The Morgan fingerprint density at radius 3 is 2.28 bits per heavy atom. The van der Waals surface area contributed by atoms with Crippen molar-refractivity contribution in [1.82, 2.24) is 10.2 Å². The maximum absolute atomic E-state index is 11.7. The number of hydrogen-bond acceptors (Lipinski definition) is 3. The molecule has 1 amide bonds. The van der Waals surface area contributed by atoms with Crippen molar-refractivity contribution >= 4 is 18.3 Å². The molecule has 5 heteroatoms. The van der Waals surface area contributed by atoms with Gasteiger partial charge in [-0.15, -0.1) is 12.4 Å². The van der Waals surface area contributed by atoms with Gasteiger partial charge >= 0.3 is 0 Å². The number of nitrogens with one attached hydrogen (secondary N) is 1. The zero-order valence-electron chi connectivity index (χ0n) is 12.4. The average molecular weight is 280 g/mol. The van der Waals surface area contributed by atoms with Gasteiger partial charge in [-0.2, -0.15) is 0 Å². The lowest BCUT2D eigenvalue weighted by atomic mass is 9.99. The molecule has 0 aliphatic carbocycles. The molecule has 18 heavy (non-hydrogen) atoms. The van der Waals surface area contributed by atoms with Crippen LogP contribution in [0.3, 0.4) is 0 Å². The number of likely N-dealkylation sites (N-methyl/N-ethyl adjacent to an activating group) is 1. The topological polar surface area (TPSA) is 58.4 Å². The van der Waals surface area contributed by atoms with Crippen LogP contribution in [0, 0.1) is 5.92 Å². The first-order valence-electron chi connectivity index (χ1n) is 6.67. The first-order valence-corrected chi connectivity index (χ1v) is 6.67. The maximum atomic E-state index is 11.7. The fraction of sp³-hybridized carbons (Fsp3) is 0.923. The number of nitrogens with two attached hydrogens (primary N) is 1. The molecule has 0 radical (unpaired) electrons. The standard InChI is InChI=1S/C13H29N3O.ClH/c1-6-10(3)12(14)13(17)15-8-9-16(5)11(4)7-2;/h10-12H,6-9,14H2,1-5H3,(H,15,17);1H. The van der Waals surface area contributed by atoms with E-state index in [2.05, 4.69) is 38.0 Å². The second-order valence-corrected chi connectivity index (χ2v) is 4.94. The van der Waals surface area contributed by atoms with Gasteiger partial charge in [-0.1, -0.05) is 27.2 Å². The van der Waals surface area contributed by atoms with Gasteiger partial charge in [0.15, 0.2) is 0 Å². The highest BCUT2D eigenvalue weighted by Crippen LogP contribution is 2.05. The van der Waals surface area contributed by atoms with Crippen molar-refractivity contribution in [1.29, 1.82) is 0 Å². The maximum Gasteiger partial charge on any atom is 0.237 e. The van der Waals surface area contributed by atoms with Gasteiger partial charge in [0.05, 0.1) is 6.04 Å². The van der Waals surface area contributed by atoms with E-state index in [0.717, 1.165) is 19.4 Å². The van der Waals surface area contributed by atoms with Crippen LogP contribution in [-0.2, 0) is 4.79 Å². The molecule has 3 unspecified atom stereocenters. The first-order chi connectivity index (χ1) is 7.93. The lowest BCUT2D eigenvalue weighted by Crippen LogP contribution is -2.46. The first kappa shape index (κ1) is 20.0. The van der Waals surface area contributed by atoms with Crippen LogP contribution in [0.1, 0.15) is 40.5 Å². The van der Waals surface area contributed by atoms with E-state index in [-0.39, 0.29) is 30.3 Å². The van der Waals surface area contributed by atoms with Crippen LogP contribution in [0.15, 0.2) is 0 Å². The molecule has 0 saturated carbocycles. The Morgan fingerprint density at radius 2 is 1.83 bits per heavy atom. The molecular weight excluding hydrogens is 250 g/mol. The molecule has 0 heterocycles. The van der Waals surface area contributed by atoms with Crippen molar-refractivity contribution in [3.05, 3.63) is 0 Å². The van der Waals surface area contributed by atoms with Gasteiger partial charge < -0.3 is 16.0 Å². The van der Waals surface area contributed by atoms with Gasteiger partial charge in [-0.3, -0.25) is 4.79 Å². The quantitative estimate of drug-likeness (QED) is 0.710. The Bertz CT molecular complexity index is 226. The van der Waals surface area contributed by atoms with Crippen molar-refractivity contribution < 1.29 is 4.79 Å². The van der Waals surface area contributed by atoms with E-state index in [4.69, 9.17) is 5.73 Å². The summed E-state index contributed by atoms with van der Waals surface area (Å²) < 4.78 is 0. The molecule has 4 nitrogen and oxygen atoms in total. The van der Waals surface area contributed by atoms with Crippen LogP contribution in [0.2, 0.25) is 0 Å². The molecule has 0 bridgehead atoms. The van der Waals surface area contributed by atoms with Gasteiger partial charge in [0, 0.05) is 19.1 Å². The van der Waals surface area contributed by atoms with Gasteiger partial charge in [0.2, 0.25) is 5.91 Å². The number of carbonyl (C=O) groups is 1. The lowest BCUT2D eigenvalue weighted by molar-refractivity contribution is -0.123. The Morgan fingerprint density at radius 1 is 1.28 bits per heavy atom. The van der Waals surface area contributed by atoms with E-state index < -0.39 is 0 Å². The Kier molecular flexibility index (Phi) is 11.8. The van der Waals surface area contributed by atoms with Crippen molar-refractivity contribution in [2.75, 3.05) is 20.1 Å². The van der Waals surface area contributed by atoms with Crippen LogP contribution in [0.25, 0.3) is 0 Å². The normalized spacial score (nSPS) is 15.7. The fourth-order valence-electron chi connectivity index (χ4n) is 1.52. The summed E-state index contributed by atoms with van der Waals surface area (Å²) in [7, 11) is 2.08. The molecule has 0 saturated heterocycles. The van der Waals surface area contributed by atoms with E-state index in [1.54, 1.807) is 0 Å². The van der Waals surface area contributed by atoms with Gasteiger partial charge in [0.25, 0.3) is 0 Å². The van der Waals surface area contributed by atoms with Crippen molar-refractivity contribution in [2.24, 2.45) is 11.7 Å². The molecule has 0 rings (SSSR count). The summed E-state index contributed by atoms with van der Waals surface area (Å²) in [5, 5.41) is 2.90. The molecule has 0 fully saturated rings. The summed E-state index contributed by atoms with van der Waals surface area (Å²) in [6.45, 7) is 9.95. The Balaban J connectivity index is 0. The van der Waals surface area contributed by atoms with Crippen molar-refractivity contribution in [3.8, 4) is 0 Å². The van der Waals surface area contributed by atoms with Gasteiger partial charge in [-0.05, 0) is 26.3 Å². The van der Waals surface area contributed by atoms with Crippen molar-refractivity contribution in [3.63, 3.8) is 0 Å². The van der Waals surface area contributed by atoms with Crippen LogP contribution in [0.4, 0.5) is 0 Å². The average Bonchev–Trinajstić information content (AvgIpc) is 2.35. The summed E-state index contributed by atoms with van der Waals surface area (Å²) in [4.78, 5) is 14.0. The highest BCUT2D eigenvalue weighted by molar-refractivity contribution is 5.85. The predicted octanol–water partition coefficient (Wildman–Crippen LogP) is 1.63. The van der Waals surface area contributed by atoms with E-state index in [1.165, 1.54) is 0 Å². The number of rotatable bonds is 8. The van der Waals surface area contributed by atoms with E-state index >= 15 is 0 Å². The van der Waals surface area contributed by atoms with E-state index in [9.17, 15) is 4.79 Å². The smallest absolute Gasteiger partial charge is 0.237 e. The summed E-state index contributed by atoms with van der Waals surface area (Å²) >= 11 is 0. The minimum Gasteiger partial charge on any atom is -0.353 e. The zero-order chi connectivity index (χ0) is 13.4. The summed E-state index contributed by atoms with van der Waals surface area (Å²) in [5.41, 5.74) is 5.85. The van der Waals surface area contributed by atoms with Crippen LogP contribution < -0.4 is 11.1 Å². The minimum absolute atomic E-state index is 0. The Labute approximate surface area is 118 Å². The van der Waals surface area contributed by atoms with Crippen LogP contribution in [0.5, 0.6) is 0 Å². The van der Waals surface area contributed by atoms with Gasteiger partial charge in [0.1, 0.15) is 0 Å². The summed E-state index contributed by atoms with van der Waals surface area (Å²) in [6, 6.07) is 0.170. The minimum atomic E-state index is -0.381. The van der Waals surface area contributed by atoms with Crippen molar-refractivity contribution in [2.45, 2.75) is 52.6 Å². The molecule has 3 N–H and O–H groups in total. The zero-order valence-corrected chi connectivity index (χ0v) is 13.2. The molecular formula is C13H30ClN3O. The fourth-order valence-corrected chi connectivity index (χ4v) is 1.52. The number of halogens is 1. The third-order valence-corrected chi connectivity index (χ3v) is 3.67. The van der Waals surface area contributed by atoms with Crippen LogP contribution in [-0.4, -0.2) is 43.0 Å². The largest absolute Gasteiger partial charge is 0.353 e. The highest BCUT2D eigenvalue weighted by Gasteiger charge is 2.18. The lowest BCUT2D eigenvalue weighted by Gasteiger charge is -2.24. The molecule has 0 aliphatic rings.